The van der Waals surface area contributed by atoms with Gasteiger partial charge < -0.3 is 10.2 Å². The van der Waals surface area contributed by atoms with Gasteiger partial charge in [0.2, 0.25) is 5.91 Å². The first-order valence-corrected chi connectivity index (χ1v) is 5.93. The van der Waals surface area contributed by atoms with Crippen LogP contribution >= 0.6 is 11.6 Å². The van der Waals surface area contributed by atoms with Crippen LogP contribution in [0.25, 0.3) is 0 Å². The first kappa shape index (κ1) is 14.7. The summed E-state index contributed by atoms with van der Waals surface area (Å²) in [6.07, 6.45) is 0. The molecule has 0 saturated carbocycles. The minimum absolute atomic E-state index is 0.0394. The van der Waals surface area contributed by atoms with Crippen molar-refractivity contribution in [2.24, 2.45) is 11.8 Å². The van der Waals surface area contributed by atoms with Crippen molar-refractivity contribution < 1.29 is 4.79 Å². The van der Waals surface area contributed by atoms with Crippen LogP contribution in [0.1, 0.15) is 20.8 Å². The number of rotatable bonds is 6. The van der Waals surface area contributed by atoms with E-state index in [9.17, 15) is 4.79 Å². The number of alkyl halides is 1. The Morgan fingerprint density at radius 2 is 1.87 bits per heavy atom. The molecule has 0 aromatic heterocycles. The Bertz CT molecular complexity index is 187. The maximum Gasteiger partial charge on any atom is 0.224 e. The van der Waals surface area contributed by atoms with Gasteiger partial charge in [0.1, 0.15) is 0 Å². The quantitative estimate of drug-likeness (QED) is 0.708. The average Bonchev–Trinajstić information content (AvgIpc) is 2.15. The molecule has 0 aliphatic rings. The number of nitrogens with zero attached hydrogens (tertiary/aromatic N) is 1. The second kappa shape index (κ2) is 7.07. The molecule has 0 aromatic rings. The maximum absolute atomic E-state index is 11.5. The Labute approximate surface area is 98.2 Å². The fourth-order valence-electron chi connectivity index (χ4n) is 1.46. The highest BCUT2D eigenvalue weighted by Gasteiger charge is 2.18. The van der Waals surface area contributed by atoms with Crippen molar-refractivity contribution in [3.8, 4) is 0 Å². The van der Waals surface area contributed by atoms with Crippen LogP contribution in [-0.4, -0.2) is 43.4 Å². The van der Waals surface area contributed by atoms with E-state index < -0.39 is 0 Å². The highest BCUT2D eigenvalue weighted by molar-refractivity contribution is 6.19. The van der Waals surface area contributed by atoms with Gasteiger partial charge in [-0.1, -0.05) is 20.8 Å². The molecule has 15 heavy (non-hydrogen) atoms. The number of hydrogen-bond acceptors (Lipinski definition) is 2. The maximum atomic E-state index is 11.5. The number of likely N-dealkylation sites (N-methyl/N-ethyl adjacent to an activating group) is 1. The predicted molar refractivity (Wildman–Crippen MR) is 65.2 cm³/mol. The van der Waals surface area contributed by atoms with Crippen molar-refractivity contribution in [2.45, 2.75) is 26.8 Å². The third-order valence-electron chi connectivity index (χ3n) is 2.60. The summed E-state index contributed by atoms with van der Waals surface area (Å²) in [6, 6.07) is 0.372. The SMILES string of the molecule is CC(CCl)C(=O)NCC(C(C)C)N(C)C. The van der Waals surface area contributed by atoms with Crippen molar-refractivity contribution in [3.63, 3.8) is 0 Å². The molecule has 3 nitrogen and oxygen atoms in total. The summed E-state index contributed by atoms with van der Waals surface area (Å²) in [5.74, 6) is 0.825. The molecule has 0 fully saturated rings. The Hall–Kier alpha value is -0.280. The number of hydrogen-bond donors (Lipinski definition) is 1. The van der Waals surface area contributed by atoms with E-state index in [1.165, 1.54) is 0 Å². The molecule has 0 bridgehead atoms. The Kier molecular flexibility index (Phi) is 6.94. The molecule has 1 amide bonds. The topological polar surface area (TPSA) is 32.3 Å². The second-order valence-corrected chi connectivity index (χ2v) is 4.88. The predicted octanol–water partition coefficient (Wildman–Crippen LogP) is 1.56. The fourth-order valence-corrected chi connectivity index (χ4v) is 1.60. The van der Waals surface area contributed by atoms with Crippen LogP contribution in [0.4, 0.5) is 0 Å². The molecular weight excluding hydrogens is 212 g/mol. The first-order chi connectivity index (χ1) is 6.90. The molecule has 0 radical (unpaired) electrons. The van der Waals surface area contributed by atoms with Gasteiger partial charge in [-0.25, -0.2) is 0 Å². The van der Waals surface area contributed by atoms with Crippen LogP contribution in [0.3, 0.4) is 0 Å². The van der Waals surface area contributed by atoms with E-state index in [1.807, 2.05) is 21.0 Å². The van der Waals surface area contributed by atoms with E-state index in [2.05, 4.69) is 24.1 Å². The summed E-state index contributed by atoms with van der Waals surface area (Å²) in [5, 5.41) is 2.93. The van der Waals surface area contributed by atoms with Crippen LogP contribution in [0.5, 0.6) is 0 Å². The minimum Gasteiger partial charge on any atom is -0.354 e. The molecule has 0 heterocycles. The standard InChI is InChI=1S/C11H23ClN2O/c1-8(2)10(14(4)5)7-13-11(15)9(3)6-12/h8-10H,6-7H2,1-5H3,(H,13,15). The van der Waals surface area contributed by atoms with Gasteiger partial charge in [0.15, 0.2) is 0 Å². The average molecular weight is 235 g/mol. The Morgan fingerprint density at radius 3 is 2.20 bits per heavy atom. The lowest BCUT2D eigenvalue weighted by molar-refractivity contribution is -0.124. The van der Waals surface area contributed by atoms with E-state index in [-0.39, 0.29) is 11.8 Å². The summed E-state index contributed by atoms with van der Waals surface area (Å²) in [5.41, 5.74) is 0. The normalized spacial score (nSPS) is 15.5. The monoisotopic (exact) mass is 234 g/mol. The molecule has 4 heteroatoms. The van der Waals surface area contributed by atoms with Gasteiger partial charge in [0.25, 0.3) is 0 Å². The zero-order valence-electron chi connectivity index (χ0n) is 10.4. The third-order valence-corrected chi connectivity index (χ3v) is 3.06. The molecule has 0 aliphatic heterocycles. The van der Waals surface area contributed by atoms with Crippen molar-refractivity contribution >= 4 is 17.5 Å². The van der Waals surface area contributed by atoms with E-state index in [1.54, 1.807) is 0 Å². The third kappa shape index (κ3) is 5.38. The molecule has 2 atom stereocenters. The van der Waals surface area contributed by atoms with Crippen LogP contribution in [-0.2, 0) is 4.79 Å². The van der Waals surface area contributed by atoms with Crippen molar-refractivity contribution in [1.29, 1.82) is 0 Å². The van der Waals surface area contributed by atoms with Gasteiger partial charge >= 0.3 is 0 Å². The van der Waals surface area contributed by atoms with Crippen molar-refractivity contribution in [1.82, 2.24) is 10.2 Å². The lowest BCUT2D eigenvalue weighted by Gasteiger charge is -2.28. The van der Waals surface area contributed by atoms with Crippen LogP contribution < -0.4 is 5.32 Å². The molecule has 90 valence electrons. The number of carbonyl (C=O) groups is 1. The van der Waals surface area contributed by atoms with Crippen LogP contribution in [0.15, 0.2) is 0 Å². The zero-order valence-corrected chi connectivity index (χ0v) is 11.1. The van der Waals surface area contributed by atoms with Crippen molar-refractivity contribution in [3.05, 3.63) is 0 Å². The summed E-state index contributed by atoms with van der Waals surface area (Å²) in [6.45, 7) is 6.83. The first-order valence-electron chi connectivity index (χ1n) is 5.40. The number of carbonyl (C=O) groups excluding carboxylic acids is 1. The molecule has 0 aliphatic carbocycles. The summed E-state index contributed by atoms with van der Waals surface area (Å²) in [4.78, 5) is 13.6. The van der Waals surface area contributed by atoms with Gasteiger partial charge in [0.05, 0.1) is 0 Å². The lowest BCUT2D eigenvalue weighted by atomic mass is 10.0. The highest BCUT2D eigenvalue weighted by Crippen LogP contribution is 2.06. The van der Waals surface area contributed by atoms with Gasteiger partial charge in [-0.05, 0) is 20.0 Å². The fraction of sp³-hybridized carbons (Fsp3) is 0.909. The Morgan fingerprint density at radius 1 is 1.33 bits per heavy atom. The summed E-state index contributed by atoms with van der Waals surface area (Å²) in [7, 11) is 4.06. The summed E-state index contributed by atoms with van der Waals surface area (Å²) < 4.78 is 0. The van der Waals surface area contributed by atoms with Crippen molar-refractivity contribution in [2.75, 3.05) is 26.5 Å². The lowest BCUT2D eigenvalue weighted by Crippen LogP contribution is -2.44. The summed E-state index contributed by atoms with van der Waals surface area (Å²) >= 11 is 5.62. The van der Waals surface area contributed by atoms with E-state index in [0.717, 1.165) is 0 Å². The smallest absolute Gasteiger partial charge is 0.224 e. The molecular formula is C11H23ClN2O. The molecule has 1 N–H and O–H groups in total. The highest BCUT2D eigenvalue weighted by atomic mass is 35.5. The largest absolute Gasteiger partial charge is 0.354 e. The molecule has 0 aromatic carbocycles. The van der Waals surface area contributed by atoms with Crippen LogP contribution in [0.2, 0.25) is 0 Å². The molecule has 0 spiro atoms. The second-order valence-electron chi connectivity index (χ2n) is 4.58. The zero-order chi connectivity index (χ0) is 12.0. The van der Waals surface area contributed by atoms with E-state index in [4.69, 9.17) is 11.6 Å². The van der Waals surface area contributed by atoms with E-state index >= 15 is 0 Å². The van der Waals surface area contributed by atoms with Crippen LogP contribution in [0, 0.1) is 11.8 Å². The number of nitrogens with one attached hydrogen (secondary N) is 1. The molecule has 2 unspecified atom stereocenters. The van der Waals surface area contributed by atoms with Gasteiger partial charge in [-0.15, -0.1) is 11.6 Å². The molecule has 0 saturated heterocycles. The number of amides is 1. The van der Waals surface area contributed by atoms with E-state index in [0.29, 0.717) is 24.4 Å². The molecule has 0 rings (SSSR count). The Balaban J connectivity index is 4.05. The van der Waals surface area contributed by atoms with Gasteiger partial charge in [-0.2, -0.15) is 0 Å². The van der Waals surface area contributed by atoms with Gasteiger partial charge in [0, 0.05) is 24.4 Å². The minimum atomic E-state index is -0.110. The number of halogens is 1. The van der Waals surface area contributed by atoms with Gasteiger partial charge in [-0.3, -0.25) is 4.79 Å².